The maximum atomic E-state index is 12.7. The highest BCUT2D eigenvalue weighted by Crippen LogP contribution is 2.17. The molecule has 31 heavy (non-hydrogen) atoms. The zero-order valence-corrected chi connectivity index (χ0v) is 19.1. The van der Waals surface area contributed by atoms with Gasteiger partial charge in [-0.3, -0.25) is 14.4 Å². The number of amides is 3. The number of aromatic nitrogens is 1. The first kappa shape index (κ1) is 24.6. The van der Waals surface area contributed by atoms with Crippen LogP contribution < -0.4 is 10.6 Å². The molecule has 0 aliphatic carbocycles. The lowest BCUT2D eigenvalue weighted by molar-refractivity contribution is -0.136. The Bertz CT molecular complexity index is 755. The van der Waals surface area contributed by atoms with Crippen molar-refractivity contribution in [2.45, 2.75) is 77.8 Å². The van der Waals surface area contributed by atoms with Gasteiger partial charge in [0, 0.05) is 25.0 Å². The predicted molar refractivity (Wildman–Crippen MR) is 118 cm³/mol. The van der Waals surface area contributed by atoms with Crippen LogP contribution in [0.4, 0.5) is 0 Å². The van der Waals surface area contributed by atoms with Crippen molar-refractivity contribution in [3.8, 4) is 5.75 Å². The highest BCUT2D eigenvalue weighted by molar-refractivity contribution is 5.92. The smallest absolute Gasteiger partial charge is 0.270 e. The standard InChI is InChI=1S/C23H36N4O4/c1-16(2)20(22(31)27-13-7-8-14-27)25-19(29)9-5-6-12-23(3,4)26-21(30)18-11-10-17(28)15-24-18/h10-11,15-16,20,28H,5-9,12-14H2,1-4H3,(H,25,29)(H,26,30). The summed E-state index contributed by atoms with van der Waals surface area (Å²) in [5.74, 6) is -0.340. The zero-order valence-electron chi connectivity index (χ0n) is 19.1. The number of hydrogen-bond acceptors (Lipinski definition) is 5. The average molecular weight is 433 g/mol. The number of carbonyl (C=O) groups is 3. The molecule has 8 nitrogen and oxygen atoms in total. The fourth-order valence-corrected chi connectivity index (χ4v) is 3.70. The molecule has 172 valence electrons. The van der Waals surface area contributed by atoms with E-state index in [1.54, 1.807) is 0 Å². The van der Waals surface area contributed by atoms with Gasteiger partial charge in [-0.1, -0.05) is 20.3 Å². The first-order chi connectivity index (χ1) is 14.6. The largest absolute Gasteiger partial charge is 0.506 e. The van der Waals surface area contributed by atoms with Gasteiger partial charge >= 0.3 is 0 Å². The van der Waals surface area contributed by atoms with Gasteiger partial charge in [0.25, 0.3) is 5.91 Å². The molecule has 3 N–H and O–H groups in total. The quantitative estimate of drug-likeness (QED) is 0.492. The average Bonchev–Trinajstić information content (AvgIpc) is 3.23. The molecule has 0 saturated carbocycles. The van der Waals surface area contributed by atoms with Gasteiger partial charge in [0.15, 0.2) is 0 Å². The lowest BCUT2D eigenvalue weighted by Gasteiger charge is -2.27. The van der Waals surface area contributed by atoms with Crippen LogP contribution in [-0.2, 0) is 9.59 Å². The maximum Gasteiger partial charge on any atom is 0.270 e. The van der Waals surface area contributed by atoms with Crippen LogP contribution in [0.1, 0.15) is 76.7 Å². The summed E-state index contributed by atoms with van der Waals surface area (Å²) in [4.78, 5) is 43.2. The van der Waals surface area contributed by atoms with Crippen LogP contribution in [0.15, 0.2) is 18.3 Å². The molecule has 1 fully saturated rings. The number of nitrogens with zero attached hydrogens (tertiary/aromatic N) is 2. The third-order valence-electron chi connectivity index (χ3n) is 5.55. The van der Waals surface area contributed by atoms with Crippen molar-refractivity contribution in [3.05, 3.63) is 24.0 Å². The van der Waals surface area contributed by atoms with Gasteiger partial charge in [-0.2, -0.15) is 0 Å². The van der Waals surface area contributed by atoms with Crippen LogP contribution in [-0.4, -0.2) is 57.4 Å². The molecule has 1 atom stereocenters. The van der Waals surface area contributed by atoms with E-state index in [9.17, 15) is 19.5 Å². The Kier molecular flexibility index (Phi) is 8.83. The fraction of sp³-hybridized carbons (Fsp3) is 0.652. The van der Waals surface area contributed by atoms with Crippen LogP contribution in [0.3, 0.4) is 0 Å². The summed E-state index contributed by atoms with van der Waals surface area (Å²) < 4.78 is 0. The highest BCUT2D eigenvalue weighted by atomic mass is 16.3. The minimum absolute atomic E-state index is 0.0101. The summed E-state index contributed by atoms with van der Waals surface area (Å²) in [7, 11) is 0. The summed E-state index contributed by atoms with van der Waals surface area (Å²) in [5.41, 5.74) is -0.216. The topological polar surface area (TPSA) is 112 Å². The van der Waals surface area contributed by atoms with Crippen molar-refractivity contribution in [2.75, 3.05) is 13.1 Å². The molecule has 0 radical (unpaired) electrons. The van der Waals surface area contributed by atoms with E-state index in [2.05, 4.69) is 15.6 Å². The van der Waals surface area contributed by atoms with E-state index < -0.39 is 11.6 Å². The van der Waals surface area contributed by atoms with Crippen LogP contribution in [0.5, 0.6) is 5.75 Å². The van der Waals surface area contributed by atoms with E-state index in [0.717, 1.165) is 32.4 Å². The Balaban J connectivity index is 1.74. The lowest BCUT2D eigenvalue weighted by atomic mass is 9.96. The normalized spacial score (nSPS) is 15.1. The Hall–Kier alpha value is -2.64. The molecule has 0 bridgehead atoms. The Morgan fingerprint density at radius 1 is 1.16 bits per heavy atom. The Morgan fingerprint density at radius 2 is 1.84 bits per heavy atom. The van der Waals surface area contributed by atoms with Gasteiger partial charge in [0.05, 0.1) is 6.20 Å². The number of rotatable bonds is 10. The summed E-state index contributed by atoms with van der Waals surface area (Å²) in [6.45, 7) is 9.31. The number of pyridine rings is 1. The summed E-state index contributed by atoms with van der Waals surface area (Å²) in [6, 6.07) is 2.42. The molecule has 0 aromatic carbocycles. The second-order valence-corrected chi connectivity index (χ2v) is 9.27. The van der Waals surface area contributed by atoms with Gasteiger partial charge < -0.3 is 20.6 Å². The van der Waals surface area contributed by atoms with Crippen molar-refractivity contribution in [1.82, 2.24) is 20.5 Å². The van der Waals surface area contributed by atoms with E-state index in [1.807, 2.05) is 32.6 Å². The number of hydrogen-bond donors (Lipinski definition) is 3. The molecule has 1 aromatic heterocycles. The molecule has 1 aliphatic rings. The Labute approximate surface area is 184 Å². The molecular weight excluding hydrogens is 396 g/mol. The van der Waals surface area contributed by atoms with Gasteiger partial charge in [0.2, 0.25) is 11.8 Å². The molecule has 1 unspecified atom stereocenters. The number of likely N-dealkylation sites (tertiary alicyclic amines) is 1. The van der Waals surface area contributed by atoms with E-state index in [4.69, 9.17) is 0 Å². The molecule has 1 saturated heterocycles. The van der Waals surface area contributed by atoms with Crippen molar-refractivity contribution in [2.24, 2.45) is 5.92 Å². The zero-order chi connectivity index (χ0) is 23.0. The molecular formula is C23H36N4O4. The number of nitrogens with one attached hydrogen (secondary N) is 2. The van der Waals surface area contributed by atoms with Crippen molar-refractivity contribution < 1.29 is 19.5 Å². The number of aromatic hydroxyl groups is 1. The molecule has 0 spiro atoms. The van der Waals surface area contributed by atoms with E-state index in [0.29, 0.717) is 19.3 Å². The van der Waals surface area contributed by atoms with Crippen LogP contribution in [0, 0.1) is 5.92 Å². The first-order valence-electron chi connectivity index (χ1n) is 11.1. The van der Waals surface area contributed by atoms with Crippen molar-refractivity contribution in [3.63, 3.8) is 0 Å². The summed E-state index contributed by atoms with van der Waals surface area (Å²) >= 11 is 0. The number of carbonyl (C=O) groups excluding carboxylic acids is 3. The fourth-order valence-electron chi connectivity index (χ4n) is 3.70. The van der Waals surface area contributed by atoms with E-state index in [1.165, 1.54) is 18.3 Å². The van der Waals surface area contributed by atoms with Crippen LogP contribution in [0.2, 0.25) is 0 Å². The van der Waals surface area contributed by atoms with Gasteiger partial charge in [-0.15, -0.1) is 0 Å². The lowest BCUT2D eigenvalue weighted by Crippen LogP contribution is -2.50. The molecule has 8 heteroatoms. The highest BCUT2D eigenvalue weighted by Gasteiger charge is 2.30. The minimum atomic E-state index is -0.473. The number of unbranched alkanes of at least 4 members (excludes halogenated alkanes) is 1. The maximum absolute atomic E-state index is 12.7. The third-order valence-corrected chi connectivity index (χ3v) is 5.55. The first-order valence-corrected chi connectivity index (χ1v) is 11.1. The molecule has 1 aromatic rings. The SMILES string of the molecule is CC(C)C(NC(=O)CCCCC(C)(C)NC(=O)c1ccc(O)cn1)C(=O)N1CCCC1. The summed E-state index contributed by atoms with van der Waals surface area (Å²) in [6.07, 6.45) is 5.77. The summed E-state index contributed by atoms with van der Waals surface area (Å²) in [5, 5.41) is 15.1. The van der Waals surface area contributed by atoms with Crippen molar-refractivity contribution in [1.29, 1.82) is 0 Å². The Morgan fingerprint density at radius 3 is 2.42 bits per heavy atom. The van der Waals surface area contributed by atoms with E-state index in [-0.39, 0.29) is 35.1 Å². The van der Waals surface area contributed by atoms with Crippen LogP contribution in [0.25, 0.3) is 0 Å². The second-order valence-electron chi connectivity index (χ2n) is 9.27. The van der Waals surface area contributed by atoms with E-state index >= 15 is 0 Å². The van der Waals surface area contributed by atoms with Crippen molar-refractivity contribution >= 4 is 17.7 Å². The molecule has 1 aliphatic heterocycles. The predicted octanol–water partition coefficient (Wildman–Crippen LogP) is 2.62. The molecule has 2 rings (SSSR count). The van der Waals surface area contributed by atoms with Gasteiger partial charge in [-0.25, -0.2) is 4.98 Å². The third kappa shape index (κ3) is 7.84. The minimum Gasteiger partial charge on any atom is -0.506 e. The molecule has 2 heterocycles. The van der Waals surface area contributed by atoms with Crippen LogP contribution >= 0.6 is 0 Å². The second kappa shape index (κ2) is 11.1. The van der Waals surface area contributed by atoms with Gasteiger partial charge in [0.1, 0.15) is 17.5 Å². The molecule has 3 amide bonds. The van der Waals surface area contributed by atoms with Gasteiger partial charge in [-0.05, 0) is 57.6 Å². The monoisotopic (exact) mass is 432 g/mol.